The van der Waals surface area contributed by atoms with Crippen molar-refractivity contribution in [1.29, 1.82) is 0 Å². The lowest BCUT2D eigenvalue weighted by molar-refractivity contribution is -0.131. The van der Waals surface area contributed by atoms with Crippen LogP contribution in [0.3, 0.4) is 0 Å². The molecule has 1 aromatic carbocycles. The van der Waals surface area contributed by atoms with Gasteiger partial charge in [0.2, 0.25) is 12.7 Å². The number of likely N-dealkylation sites (N-methyl/N-ethyl adjacent to an activating group) is 1. The predicted molar refractivity (Wildman–Crippen MR) is 100 cm³/mol. The molecule has 1 amide bonds. The van der Waals surface area contributed by atoms with Crippen LogP contribution in [-0.2, 0) is 17.8 Å². The summed E-state index contributed by atoms with van der Waals surface area (Å²) < 4.78 is 13.7. The summed E-state index contributed by atoms with van der Waals surface area (Å²) >= 11 is 0. The third-order valence-corrected chi connectivity index (χ3v) is 5.00. The number of amides is 1. The number of carbonyl (C=O) groups is 1. The molecule has 27 heavy (non-hydrogen) atoms. The second-order valence-electron chi connectivity index (χ2n) is 6.45. The summed E-state index contributed by atoms with van der Waals surface area (Å²) in [4.78, 5) is 27.2. The Kier molecular flexibility index (Phi) is 4.25. The first-order valence-electron chi connectivity index (χ1n) is 9.19. The topological polar surface area (TPSA) is 78.1 Å². The van der Waals surface area contributed by atoms with Crippen molar-refractivity contribution in [3.63, 3.8) is 0 Å². The molecule has 0 saturated carbocycles. The second kappa shape index (κ2) is 6.61. The van der Waals surface area contributed by atoms with Crippen LogP contribution in [0.15, 0.2) is 23.0 Å². The van der Waals surface area contributed by atoms with Crippen molar-refractivity contribution in [2.45, 2.75) is 33.7 Å². The maximum Gasteiger partial charge on any atom is 0.351 e. The number of rotatable bonds is 5. The Bertz CT molecular complexity index is 1090. The van der Waals surface area contributed by atoms with Gasteiger partial charge < -0.3 is 14.4 Å². The largest absolute Gasteiger partial charge is 0.454 e. The Balaban J connectivity index is 1.91. The number of hydrogen-bond acceptors (Lipinski definition) is 5. The van der Waals surface area contributed by atoms with Crippen LogP contribution in [0.25, 0.3) is 16.6 Å². The molecule has 0 atom stereocenters. The highest BCUT2D eigenvalue weighted by molar-refractivity contribution is 5.87. The van der Waals surface area contributed by atoms with E-state index in [4.69, 9.17) is 9.47 Å². The second-order valence-corrected chi connectivity index (χ2v) is 6.45. The molecular weight excluding hydrogens is 348 g/mol. The number of benzene rings is 1. The molecule has 3 heterocycles. The van der Waals surface area contributed by atoms with Gasteiger partial charge in [0.1, 0.15) is 6.54 Å². The van der Waals surface area contributed by atoms with Crippen LogP contribution in [0.1, 0.15) is 26.3 Å². The fourth-order valence-electron chi connectivity index (χ4n) is 3.51. The molecule has 0 spiro atoms. The standard InChI is InChI=1S/C19H22N4O4/c1-4-12-7-13-8-15-16(27-11-26-15)9-14(13)23-18(12)20-22(19(23)25)10-17(24)21(5-2)6-3/h7-9H,4-6,10-11H2,1-3H3. The van der Waals surface area contributed by atoms with E-state index in [0.29, 0.717) is 42.2 Å². The summed E-state index contributed by atoms with van der Waals surface area (Å²) in [5.74, 6) is 1.15. The van der Waals surface area contributed by atoms with Crippen molar-refractivity contribution >= 4 is 22.5 Å². The number of pyridine rings is 1. The maximum atomic E-state index is 13.1. The summed E-state index contributed by atoms with van der Waals surface area (Å²) in [6.45, 7) is 7.14. The third-order valence-electron chi connectivity index (χ3n) is 5.00. The smallest absolute Gasteiger partial charge is 0.351 e. The van der Waals surface area contributed by atoms with E-state index in [1.165, 1.54) is 4.68 Å². The van der Waals surface area contributed by atoms with E-state index < -0.39 is 0 Å². The van der Waals surface area contributed by atoms with E-state index in [2.05, 4.69) is 5.10 Å². The summed E-state index contributed by atoms with van der Waals surface area (Å²) in [6.07, 6.45) is 0.717. The zero-order valence-electron chi connectivity index (χ0n) is 15.7. The number of hydrogen-bond donors (Lipinski definition) is 0. The average molecular weight is 370 g/mol. The molecule has 4 rings (SSSR count). The molecular formula is C19H22N4O4. The minimum Gasteiger partial charge on any atom is -0.454 e. The quantitative estimate of drug-likeness (QED) is 0.684. The summed E-state index contributed by atoms with van der Waals surface area (Å²) in [6, 6.07) is 5.68. The molecule has 0 saturated heterocycles. The Labute approximate surface area is 155 Å². The molecule has 142 valence electrons. The van der Waals surface area contributed by atoms with Crippen LogP contribution in [0.5, 0.6) is 11.5 Å². The highest BCUT2D eigenvalue weighted by Crippen LogP contribution is 2.36. The molecule has 0 bridgehead atoms. The van der Waals surface area contributed by atoms with Gasteiger partial charge in [-0.15, -0.1) is 5.10 Å². The molecule has 8 nitrogen and oxygen atoms in total. The molecule has 3 aromatic rings. The molecule has 0 radical (unpaired) electrons. The van der Waals surface area contributed by atoms with E-state index in [9.17, 15) is 9.59 Å². The van der Waals surface area contributed by atoms with Gasteiger partial charge in [0.25, 0.3) is 0 Å². The monoisotopic (exact) mass is 370 g/mol. The Morgan fingerprint density at radius 1 is 1.15 bits per heavy atom. The van der Waals surface area contributed by atoms with Crippen LogP contribution in [-0.4, -0.2) is 44.9 Å². The Morgan fingerprint density at radius 3 is 2.52 bits per heavy atom. The fourth-order valence-corrected chi connectivity index (χ4v) is 3.51. The van der Waals surface area contributed by atoms with Crippen LogP contribution in [0.2, 0.25) is 0 Å². The van der Waals surface area contributed by atoms with Crippen LogP contribution >= 0.6 is 0 Å². The first kappa shape index (κ1) is 17.4. The fraction of sp³-hybridized carbons (Fsp3) is 0.421. The van der Waals surface area contributed by atoms with E-state index in [1.54, 1.807) is 15.4 Å². The number of nitrogens with zero attached hydrogens (tertiary/aromatic N) is 4. The third kappa shape index (κ3) is 2.72. The van der Waals surface area contributed by atoms with Gasteiger partial charge in [0.15, 0.2) is 17.1 Å². The van der Waals surface area contributed by atoms with Gasteiger partial charge in [-0.05, 0) is 38.0 Å². The van der Waals surface area contributed by atoms with Crippen molar-refractivity contribution in [1.82, 2.24) is 19.1 Å². The molecule has 0 fully saturated rings. The van der Waals surface area contributed by atoms with Gasteiger partial charge in [0.05, 0.1) is 5.52 Å². The van der Waals surface area contributed by atoms with E-state index in [-0.39, 0.29) is 24.9 Å². The average Bonchev–Trinajstić information content (AvgIpc) is 3.25. The molecule has 8 heteroatoms. The Morgan fingerprint density at radius 2 is 1.85 bits per heavy atom. The predicted octanol–water partition coefficient (Wildman–Crippen LogP) is 1.81. The lowest BCUT2D eigenvalue weighted by atomic mass is 10.1. The normalized spacial score (nSPS) is 12.9. The van der Waals surface area contributed by atoms with E-state index in [0.717, 1.165) is 10.9 Å². The van der Waals surface area contributed by atoms with Crippen LogP contribution in [0, 0.1) is 0 Å². The molecule has 0 N–H and O–H groups in total. The first-order valence-corrected chi connectivity index (χ1v) is 9.19. The molecule has 1 aliphatic heterocycles. The Hall–Kier alpha value is -3.03. The minimum absolute atomic E-state index is 0.0720. The SMILES string of the molecule is CCc1cc2cc3c(cc2n2c(=O)n(CC(=O)N(CC)CC)nc12)OCO3. The van der Waals surface area contributed by atoms with Gasteiger partial charge in [0, 0.05) is 24.5 Å². The van der Waals surface area contributed by atoms with Gasteiger partial charge in [-0.1, -0.05) is 6.92 Å². The van der Waals surface area contributed by atoms with E-state index in [1.807, 2.05) is 32.9 Å². The number of aromatic nitrogens is 3. The van der Waals surface area contributed by atoms with Gasteiger partial charge in [-0.25, -0.2) is 13.9 Å². The molecule has 2 aromatic heterocycles. The zero-order valence-corrected chi connectivity index (χ0v) is 15.7. The van der Waals surface area contributed by atoms with Crippen LogP contribution < -0.4 is 15.2 Å². The summed E-state index contributed by atoms with van der Waals surface area (Å²) in [5, 5.41) is 5.34. The van der Waals surface area contributed by atoms with Crippen molar-refractivity contribution < 1.29 is 14.3 Å². The number of carbonyl (C=O) groups excluding carboxylic acids is 1. The summed E-state index contributed by atoms with van der Waals surface area (Å²) in [7, 11) is 0. The van der Waals surface area contributed by atoms with Crippen molar-refractivity contribution in [3.05, 3.63) is 34.2 Å². The van der Waals surface area contributed by atoms with Gasteiger partial charge in [-0.3, -0.25) is 4.79 Å². The lowest BCUT2D eigenvalue weighted by Gasteiger charge is -2.17. The van der Waals surface area contributed by atoms with E-state index >= 15 is 0 Å². The number of ether oxygens (including phenoxy) is 2. The van der Waals surface area contributed by atoms with Crippen molar-refractivity contribution in [2.24, 2.45) is 0 Å². The molecule has 0 unspecified atom stereocenters. The van der Waals surface area contributed by atoms with Gasteiger partial charge >= 0.3 is 5.69 Å². The van der Waals surface area contributed by atoms with Crippen LogP contribution in [0.4, 0.5) is 0 Å². The lowest BCUT2D eigenvalue weighted by Crippen LogP contribution is -2.36. The highest BCUT2D eigenvalue weighted by atomic mass is 16.7. The summed E-state index contributed by atoms with van der Waals surface area (Å²) in [5.41, 5.74) is 1.87. The molecule has 1 aliphatic rings. The highest BCUT2D eigenvalue weighted by Gasteiger charge is 2.21. The van der Waals surface area contributed by atoms with Crippen molar-refractivity contribution in [2.75, 3.05) is 19.9 Å². The first-order chi connectivity index (χ1) is 13.1. The minimum atomic E-state index is -0.329. The maximum absolute atomic E-state index is 13.1. The van der Waals surface area contributed by atoms with Crippen molar-refractivity contribution in [3.8, 4) is 11.5 Å². The van der Waals surface area contributed by atoms with Gasteiger partial charge in [-0.2, -0.15) is 0 Å². The number of fused-ring (bicyclic) bond motifs is 4. The number of aryl methyl sites for hydroxylation is 1. The molecule has 0 aliphatic carbocycles. The zero-order chi connectivity index (χ0) is 19.1.